The summed E-state index contributed by atoms with van der Waals surface area (Å²) in [6.07, 6.45) is 1.04. The Balaban J connectivity index is 2.09. The van der Waals surface area contributed by atoms with E-state index in [-0.39, 0.29) is 0 Å². The van der Waals surface area contributed by atoms with E-state index in [0.717, 1.165) is 5.39 Å². The first kappa shape index (κ1) is 16.1. The van der Waals surface area contributed by atoms with E-state index in [1.807, 2.05) is 23.8 Å². The molecular weight excluding hydrogens is 300 g/mol. The summed E-state index contributed by atoms with van der Waals surface area (Å²) in [5, 5.41) is 10.8. The van der Waals surface area contributed by atoms with Gasteiger partial charge in [0.05, 0.1) is 11.5 Å². The van der Waals surface area contributed by atoms with Gasteiger partial charge in [-0.25, -0.2) is 9.97 Å². The average Bonchev–Trinajstić information content (AvgIpc) is 3.07. The molecule has 3 heterocycles. The number of nitrogens with zero attached hydrogens (tertiary/aromatic N) is 3. The van der Waals surface area contributed by atoms with Crippen LogP contribution in [0.2, 0.25) is 0 Å². The topological polar surface area (TPSA) is 105 Å². The number of aliphatic hydroxyl groups excluding tert-OH is 1. The van der Waals surface area contributed by atoms with Gasteiger partial charge < -0.3 is 29.6 Å². The number of anilines is 1. The lowest BCUT2D eigenvalue weighted by Gasteiger charge is -2.34. The molecule has 1 aliphatic heterocycles. The molecule has 0 saturated carbocycles. The Bertz CT molecular complexity index is 704. The molecule has 23 heavy (non-hydrogen) atoms. The van der Waals surface area contributed by atoms with Gasteiger partial charge in [-0.05, 0) is 19.9 Å². The predicted molar refractivity (Wildman–Crippen MR) is 83.7 cm³/mol. The van der Waals surface area contributed by atoms with Crippen LogP contribution in [0.4, 0.5) is 5.82 Å². The van der Waals surface area contributed by atoms with E-state index in [2.05, 4.69) is 9.97 Å². The molecular formula is C15H22N4O4. The maximum atomic E-state index is 10.1. The van der Waals surface area contributed by atoms with Gasteiger partial charge in [-0.2, -0.15) is 0 Å². The van der Waals surface area contributed by atoms with E-state index >= 15 is 0 Å². The molecule has 3 rings (SSSR count). The Morgan fingerprint density at radius 1 is 1.43 bits per heavy atom. The van der Waals surface area contributed by atoms with Crippen molar-refractivity contribution in [2.45, 2.75) is 44.0 Å². The molecule has 0 spiro atoms. The van der Waals surface area contributed by atoms with Crippen molar-refractivity contribution in [3.8, 4) is 0 Å². The second kappa shape index (κ2) is 5.72. The van der Waals surface area contributed by atoms with Crippen LogP contribution >= 0.6 is 0 Å². The van der Waals surface area contributed by atoms with Gasteiger partial charge in [0, 0.05) is 20.4 Å². The second-order valence-electron chi connectivity index (χ2n) is 5.95. The zero-order valence-electron chi connectivity index (χ0n) is 13.6. The first-order chi connectivity index (χ1) is 10.9. The van der Waals surface area contributed by atoms with Crippen molar-refractivity contribution in [1.29, 1.82) is 0 Å². The average molecular weight is 322 g/mol. The molecule has 1 aliphatic rings. The number of nitrogen functional groups attached to an aromatic ring is 1. The van der Waals surface area contributed by atoms with Crippen molar-refractivity contribution in [1.82, 2.24) is 14.5 Å². The number of fused-ring (bicyclic) bond motifs is 1. The Morgan fingerprint density at radius 2 is 2.17 bits per heavy atom. The van der Waals surface area contributed by atoms with Crippen LogP contribution in [0.1, 0.15) is 20.1 Å². The lowest BCUT2D eigenvalue weighted by Crippen LogP contribution is -2.51. The highest BCUT2D eigenvalue weighted by molar-refractivity contribution is 5.86. The highest BCUT2D eigenvalue weighted by atomic mass is 16.6. The number of aromatic nitrogens is 3. The quantitative estimate of drug-likeness (QED) is 0.854. The van der Waals surface area contributed by atoms with Crippen LogP contribution in [0.25, 0.3) is 11.0 Å². The largest absolute Gasteiger partial charge is 0.391 e. The van der Waals surface area contributed by atoms with Gasteiger partial charge >= 0.3 is 0 Å². The maximum absolute atomic E-state index is 10.1. The summed E-state index contributed by atoms with van der Waals surface area (Å²) in [5.41, 5.74) is 5.73. The Kier molecular flexibility index (Phi) is 4.01. The van der Waals surface area contributed by atoms with E-state index in [0.29, 0.717) is 11.5 Å². The molecule has 2 aromatic rings. The fraction of sp³-hybridized carbons (Fsp3) is 0.600. The van der Waals surface area contributed by atoms with Crippen LogP contribution in [0.15, 0.2) is 18.6 Å². The summed E-state index contributed by atoms with van der Waals surface area (Å²) >= 11 is 0. The Morgan fingerprint density at radius 3 is 2.78 bits per heavy atom. The van der Waals surface area contributed by atoms with Gasteiger partial charge in [-0.1, -0.05) is 0 Å². The maximum Gasteiger partial charge on any atom is 0.165 e. The summed E-state index contributed by atoms with van der Waals surface area (Å²) < 4.78 is 19.2. The Labute approximate surface area is 134 Å². The molecule has 0 aliphatic carbocycles. The van der Waals surface area contributed by atoms with Crippen molar-refractivity contribution in [3.05, 3.63) is 18.6 Å². The van der Waals surface area contributed by atoms with Crippen molar-refractivity contribution in [3.63, 3.8) is 0 Å². The molecule has 0 aromatic carbocycles. The van der Waals surface area contributed by atoms with Gasteiger partial charge in [0.25, 0.3) is 0 Å². The number of rotatable bonds is 4. The second-order valence-corrected chi connectivity index (χ2v) is 5.95. The normalized spacial score (nSPS) is 32.5. The summed E-state index contributed by atoms with van der Waals surface area (Å²) in [4.78, 5) is 8.28. The first-order valence-electron chi connectivity index (χ1n) is 7.42. The molecule has 5 atom stereocenters. The number of nitrogens with two attached hydrogens (primary N) is 1. The summed E-state index contributed by atoms with van der Waals surface area (Å²) in [5.74, 6) is 0.405. The van der Waals surface area contributed by atoms with Gasteiger partial charge in [-0.3, -0.25) is 0 Å². The summed E-state index contributed by atoms with van der Waals surface area (Å²) in [7, 11) is 3.18. The van der Waals surface area contributed by atoms with E-state index in [1.165, 1.54) is 6.33 Å². The van der Waals surface area contributed by atoms with E-state index in [1.54, 1.807) is 21.1 Å². The van der Waals surface area contributed by atoms with Crippen LogP contribution in [0, 0.1) is 0 Å². The molecule has 0 radical (unpaired) electrons. The predicted octanol–water partition coefficient (Wildman–Crippen LogP) is 0.712. The molecule has 8 heteroatoms. The molecule has 1 fully saturated rings. The molecule has 0 unspecified atom stereocenters. The number of aliphatic hydroxyl groups is 1. The van der Waals surface area contributed by atoms with Crippen molar-refractivity contribution >= 4 is 16.9 Å². The van der Waals surface area contributed by atoms with Crippen LogP contribution < -0.4 is 5.73 Å². The molecule has 3 N–H and O–H groups in total. The first-order valence-corrected chi connectivity index (χ1v) is 7.42. The third-order valence-corrected chi connectivity index (χ3v) is 4.62. The minimum Gasteiger partial charge on any atom is -0.391 e. The van der Waals surface area contributed by atoms with Crippen molar-refractivity contribution < 1.29 is 19.3 Å². The van der Waals surface area contributed by atoms with Crippen molar-refractivity contribution in [2.75, 3.05) is 20.0 Å². The van der Waals surface area contributed by atoms with Crippen LogP contribution in [0.5, 0.6) is 0 Å². The summed E-state index contributed by atoms with van der Waals surface area (Å²) in [6.45, 7) is 3.54. The van der Waals surface area contributed by atoms with E-state index in [9.17, 15) is 5.11 Å². The van der Waals surface area contributed by atoms with Crippen LogP contribution in [-0.4, -0.2) is 57.8 Å². The van der Waals surface area contributed by atoms with E-state index < -0.39 is 30.1 Å². The SMILES string of the molecule is CO[C@H]1[C@H](n2ccc3c(N)ncnc32)O[C@H]([C@@H](C)O)[C@@]1(C)OC. The summed E-state index contributed by atoms with van der Waals surface area (Å²) in [6, 6.07) is 1.83. The highest BCUT2D eigenvalue weighted by Crippen LogP contribution is 2.43. The Hall–Kier alpha value is -1.74. The minimum atomic E-state index is -0.803. The zero-order valence-corrected chi connectivity index (χ0v) is 13.6. The number of methoxy groups -OCH3 is 2. The lowest BCUT2D eigenvalue weighted by molar-refractivity contribution is -0.130. The molecule has 126 valence electrons. The smallest absolute Gasteiger partial charge is 0.165 e. The fourth-order valence-corrected chi connectivity index (χ4v) is 3.38. The zero-order chi connectivity index (χ0) is 16.8. The van der Waals surface area contributed by atoms with Crippen molar-refractivity contribution in [2.24, 2.45) is 0 Å². The third kappa shape index (κ3) is 2.29. The standard InChI is InChI=1S/C15H22N4O4/c1-8(20)10-15(2,22-4)11(21-3)14(23-10)19-6-5-9-12(16)17-7-18-13(9)19/h5-8,10-11,14,20H,1-4H3,(H2,16,17,18)/t8-,10-,11+,14-,15-/m1/s1. The van der Waals surface area contributed by atoms with Gasteiger partial charge in [0.1, 0.15) is 35.6 Å². The molecule has 1 saturated heterocycles. The van der Waals surface area contributed by atoms with Crippen LogP contribution in [-0.2, 0) is 14.2 Å². The molecule has 0 amide bonds. The van der Waals surface area contributed by atoms with Gasteiger partial charge in [0.2, 0.25) is 0 Å². The van der Waals surface area contributed by atoms with E-state index in [4.69, 9.17) is 19.9 Å². The monoisotopic (exact) mass is 322 g/mol. The number of hydrogen-bond donors (Lipinski definition) is 2. The number of ether oxygens (including phenoxy) is 3. The van der Waals surface area contributed by atoms with Gasteiger partial charge in [0.15, 0.2) is 6.23 Å². The number of hydrogen-bond acceptors (Lipinski definition) is 7. The highest BCUT2D eigenvalue weighted by Gasteiger charge is 2.57. The van der Waals surface area contributed by atoms with Crippen LogP contribution in [0.3, 0.4) is 0 Å². The van der Waals surface area contributed by atoms with Gasteiger partial charge in [-0.15, -0.1) is 0 Å². The minimum absolute atomic E-state index is 0.405. The fourth-order valence-electron chi connectivity index (χ4n) is 3.38. The molecule has 2 aromatic heterocycles. The lowest BCUT2D eigenvalue weighted by atomic mass is 9.91. The molecule has 8 nitrogen and oxygen atoms in total. The third-order valence-electron chi connectivity index (χ3n) is 4.62. The molecule has 0 bridgehead atoms.